The lowest BCUT2D eigenvalue weighted by Crippen LogP contribution is -1.90. The second kappa shape index (κ2) is 5.14. The minimum atomic E-state index is 0.0746. The molecule has 0 radical (unpaired) electrons. The fourth-order valence-corrected chi connectivity index (χ4v) is 3.77. The Hall–Kier alpha value is -2.79. The van der Waals surface area contributed by atoms with Gasteiger partial charge in [-0.25, -0.2) is 9.97 Å². The minimum Gasteiger partial charge on any atom is -0.382 e. The van der Waals surface area contributed by atoms with Crippen LogP contribution in [0.5, 0.6) is 0 Å². The molecule has 0 aliphatic carbocycles. The second-order valence-electron chi connectivity index (χ2n) is 5.38. The summed E-state index contributed by atoms with van der Waals surface area (Å²) in [6, 6.07) is 13.9. The quantitative estimate of drug-likeness (QED) is 0.559. The minimum absolute atomic E-state index is 0.0746. The van der Waals surface area contributed by atoms with Gasteiger partial charge in [0.25, 0.3) is 0 Å². The van der Waals surface area contributed by atoms with Gasteiger partial charge in [0.05, 0.1) is 10.2 Å². The van der Waals surface area contributed by atoms with Crippen molar-refractivity contribution in [3.63, 3.8) is 0 Å². The largest absolute Gasteiger partial charge is 0.382 e. The van der Waals surface area contributed by atoms with E-state index in [9.17, 15) is 4.79 Å². The van der Waals surface area contributed by atoms with Gasteiger partial charge in [0.15, 0.2) is 5.78 Å². The highest BCUT2D eigenvalue weighted by molar-refractivity contribution is 7.26. The molecule has 23 heavy (non-hydrogen) atoms. The fourth-order valence-electron chi connectivity index (χ4n) is 2.67. The number of nitrogen functional groups attached to an aromatic ring is 1. The van der Waals surface area contributed by atoms with Crippen LogP contribution in [0.2, 0.25) is 0 Å². The topological polar surface area (TPSA) is 68.9 Å². The van der Waals surface area contributed by atoms with Gasteiger partial charge in [-0.1, -0.05) is 36.4 Å². The van der Waals surface area contributed by atoms with Gasteiger partial charge < -0.3 is 5.73 Å². The van der Waals surface area contributed by atoms with Crippen molar-refractivity contribution in [3.05, 3.63) is 54.4 Å². The molecule has 4 aromatic rings. The molecule has 2 N–H and O–H groups in total. The number of fused-ring (bicyclic) bond motifs is 3. The predicted octanol–water partition coefficient (Wildman–Crippen LogP) is 4.30. The highest BCUT2D eigenvalue weighted by Crippen LogP contribution is 2.37. The molecule has 0 unspecified atom stereocenters. The van der Waals surface area contributed by atoms with E-state index in [-0.39, 0.29) is 5.78 Å². The summed E-state index contributed by atoms with van der Waals surface area (Å²) in [6.07, 6.45) is 1.50. The molecule has 0 saturated carbocycles. The third-order valence-electron chi connectivity index (χ3n) is 3.90. The van der Waals surface area contributed by atoms with E-state index in [4.69, 9.17) is 5.73 Å². The van der Waals surface area contributed by atoms with Crippen LogP contribution in [0.1, 0.15) is 17.3 Å². The zero-order valence-corrected chi connectivity index (χ0v) is 13.2. The second-order valence-corrected chi connectivity index (χ2v) is 6.44. The standard InChI is InChI=1S/C18H13N3OS/c1-10(22)11-2-4-12(5-3-11)13-6-7-14-15(8-13)23-17-16(14)20-9-21-18(17)19/h2-9H,1H3,(H2,19,20,21). The Labute approximate surface area is 136 Å². The van der Waals surface area contributed by atoms with E-state index in [0.29, 0.717) is 5.82 Å². The molecule has 4 rings (SSSR count). The third kappa shape index (κ3) is 2.26. The summed E-state index contributed by atoms with van der Waals surface area (Å²) in [4.78, 5) is 19.8. The predicted molar refractivity (Wildman–Crippen MR) is 94.8 cm³/mol. The van der Waals surface area contributed by atoms with Gasteiger partial charge in [-0.2, -0.15) is 0 Å². The first-order valence-corrected chi connectivity index (χ1v) is 7.99. The molecule has 0 spiro atoms. The lowest BCUT2D eigenvalue weighted by atomic mass is 10.0. The van der Waals surface area contributed by atoms with E-state index >= 15 is 0 Å². The summed E-state index contributed by atoms with van der Waals surface area (Å²) in [7, 11) is 0. The average molecular weight is 319 g/mol. The number of benzene rings is 2. The number of ketones is 1. The van der Waals surface area contributed by atoms with Crippen LogP contribution in [0.15, 0.2) is 48.8 Å². The van der Waals surface area contributed by atoms with Gasteiger partial charge in [-0.05, 0) is 24.1 Å². The van der Waals surface area contributed by atoms with Gasteiger partial charge >= 0.3 is 0 Å². The monoisotopic (exact) mass is 319 g/mol. The zero-order chi connectivity index (χ0) is 16.0. The van der Waals surface area contributed by atoms with E-state index in [1.54, 1.807) is 18.3 Å². The number of rotatable bonds is 2. The van der Waals surface area contributed by atoms with Crippen LogP contribution in [0, 0.1) is 0 Å². The fraction of sp³-hybridized carbons (Fsp3) is 0.0556. The first-order chi connectivity index (χ1) is 11.1. The summed E-state index contributed by atoms with van der Waals surface area (Å²) < 4.78 is 2.05. The molecule has 2 aromatic heterocycles. The van der Waals surface area contributed by atoms with Gasteiger partial charge in [-0.3, -0.25) is 4.79 Å². The van der Waals surface area contributed by atoms with E-state index in [0.717, 1.165) is 37.0 Å². The number of nitrogens with two attached hydrogens (primary N) is 1. The molecule has 0 saturated heterocycles. The number of anilines is 1. The number of hydrogen-bond acceptors (Lipinski definition) is 5. The SMILES string of the molecule is CC(=O)c1ccc(-c2ccc3c(c2)sc2c(N)ncnc23)cc1. The Morgan fingerprint density at radius 3 is 2.52 bits per heavy atom. The summed E-state index contributed by atoms with van der Waals surface area (Å²) >= 11 is 1.60. The molecular formula is C18H13N3OS. The Morgan fingerprint density at radius 2 is 1.78 bits per heavy atom. The lowest BCUT2D eigenvalue weighted by molar-refractivity contribution is 0.101. The van der Waals surface area contributed by atoms with Gasteiger partial charge in [0.1, 0.15) is 12.1 Å². The van der Waals surface area contributed by atoms with Gasteiger partial charge in [0, 0.05) is 15.6 Å². The van der Waals surface area contributed by atoms with Crippen molar-refractivity contribution in [2.75, 3.05) is 5.73 Å². The lowest BCUT2D eigenvalue weighted by Gasteiger charge is -2.03. The van der Waals surface area contributed by atoms with Crippen LogP contribution in [0.4, 0.5) is 5.82 Å². The van der Waals surface area contributed by atoms with Crippen LogP contribution in [-0.4, -0.2) is 15.8 Å². The molecular weight excluding hydrogens is 306 g/mol. The van der Waals surface area contributed by atoms with Crippen LogP contribution < -0.4 is 5.73 Å². The van der Waals surface area contributed by atoms with Crippen molar-refractivity contribution in [3.8, 4) is 11.1 Å². The smallest absolute Gasteiger partial charge is 0.159 e. The molecule has 5 heteroatoms. The molecule has 2 aromatic carbocycles. The van der Waals surface area contributed by atoms with Crippen LogP contribution in [0.3, 0.4) is 0 Å². The maximum Gasteiger partial charge on any atom is 0.159 e. The third-order valence-corrected chi connectivity index (χ3v) is 5.07. The maximum absolute atomic E-state index is 11.4. The van der Waals surface area contributed by atoms with E-state index < -0.39 is 0 Å². The van der Waals surface area contributed by atoms with Gasteiger partial charge in [-0.15, -0.1) is 11.3 Å². The number of Topliss-reactive ketones (excluding diaryl/α,β-unsaturated/α-hetero) is 1. The Balaban J connectivity index is 1.87. The highest BCUT2D eigenvalue weighted by Gasteiger charge is 2.10. The first kappa shape index (κ1) is 13.8. The zero-order valence-electron chi connectivity index (χ0n) is 12.4. The maximum atomic E-state index is 11.4. The number of hydrogen-bond donors (Lipinski definition) is 1. The van der Waals surface area contributed by atoms with E-state index in [1.165, 1.54) is 6.33 Å². The Kier molecular flexibility index (Phi) is 3.09. The van der Waals surface area contributed by atoms with E-state index in [2.05, 4.69) is 28.2 Å². The van der Waals surface area contributed by atoms with Gasteiger partial charge in [0.2, 0.25) is 0 Å². The normalized spacial score (nSPS) is 11.2. The molecule has 0 amide bonds. The number of aromatic nitrogens is 2. The van der Waals surface area contributed by atoms with Crippen molar-refractivity contribution >= 4 is 43.2 Å². The number of nitrogens with zero attached hydrogens (tertiary/aromatic N) is 2. The summed E-state index contributed by atoms with van der Waals surface area (Å²) in [5.74, 6) is 0.592. The van der Waals surface area contributed by atoms with Crippen molar-refractivity contribution in [2.24, 2.45) is 0 Å². The van der Waals surface area contributed by atoms with Crippen LogP contribution in [0.25, 0.3) is 31.4 Å². The van der Waals surface area contributed by atoms with E-state index in [1.807, 2.05) is 24.3 Å². The highest BCUT2D eigenvalue weighted by atomic mass is 32.1. The average Bonchev–Trinajstić information content (AvgIpc) is 2.94. The molecule has 112 valence electrons. The van der Waals surface area contributed by atoms with Crippen molar-refractivity contribution < 1.29 is 4.79 Å². The van der Waals surface area contributed by atoms with Crippen LogP contribution in [-0.2, 0) is 0 Å². The molecule has 0 aliphatic rings. The molecule has 2 heterocycles. The summed E-state index contributed by atoms with van der Waals surface area (Å²) in [5, 5.41) is 1.09. The number of thiophene rings is 1. The molecule has 0 atom stereocenters. The Morgan fingerprint density at radius 1 is 1.04 bits per heavy atom. The molecule has 0 fully saturated rings. The molecule has 0 bridgehead atoms. The van der Waals surface area contributed by atoms with Crippen LogP contribution >= 0.6 is 11.3 Å². The van der Waals surface area contributed by atoms with Crippen molar-refractivity contribution in [1.29, 1.82) is 0 Å². The first-order valence-electron chi connectivity index (χ1n) is 7.17. The number of carbonyl (C=O) groups excluding carboxylic acids is 1. The van der Waals surface area contributed by atoms with Crippen molar-refractivity contribution in [1.82, 2.24) is 9.97 Å². The van der Waals surface area contributed by atoms with Crippen molar-refractivity contribution in [2.45, 2.75) is 6.92 Å². The number of carbonyl (C=O) groups is 1. The summed E-state index contributed by atoms with van der Waals surface area (Å²) in [6.45, 7) is 1.57. The molecule has 0 aliphatic heterocycles. The molecule has 4 nitrogen and oxygen atoms in total. The summed E-state index contributed by atoms with van der Waals surface area (Å²) in [5.41, 5.74) is 9.74. The Bertz CT molecular complexity index is 1050.